The molecule has 0 aromatic heterocycles. The van der Waals surface area contributed by atoms with E-state index in [-0.39, 0.29) is 17.8 Å². The van der Waals surface area contributed by atoms with Crippen LogP contribution >= 0.6 is 0 Å². The number of nitrogens with one attached hydrogen (secondary N) is 2. The molecule has 1 aromatic carbocycles. The zero-order chi connectivity index (χ0) is 20.6. The molecular weight excluding hydrogens is 366 g/mol. The van der Waals surface area contributed by atoms with Crippen LogP contribution in [0.4, 0.5) is 5.69 Å². The Hall–Kier alpha value is -2.52. The number of aliphatic hydroxyl groups excluding tert-OH is 2. The first kappa shape index (κ1) is 20.2. The molecule has 2 aliphatic heterocycles. The summed E-state index contributed by atoms with van der Waals surface area (Å²) in [4.78, 5) is 36.2. The Morgan fingerprint density at radius 1 is 1.04 bits per heavy atom. The fourth-order valence-electron chi connectivity index (χ4n) is 4.45. The van der Waals surface area contributed by atoms with E-state index >= 15 is 0 Å². The summed E-state index contributed by atoms with van der Waals surface area (Å²) in [7, 11) is 0. The first-order chi connectivity index (χ1) is 13.2. The minimum atomic E-state index is -1.03. The summed E-state index contributed by atoms with van der Waals surface area (Å²) >= 11 is 0. The normalized spacial score (nSPS) is 34.3. The van der Waals surface area contributed by atoms with Gasteiger partial charge in [-0.25, -0.2) is 0 Å². The number of piperidine rings is 2. The Kier molecular flexibility index (Phi) is 5.66. The predicted octanol–water partition coefficient (Wildman–Crippen LogP) is 0.449. The van der Waals surface area contributed by atoms with Crippen molar-refractivity contribution in [2.45, 2.75) is 56.9 Å². The summed E-state index contributed by atoms with van der Waals surface area (Å²) in [6.45, 7) is 3.53. The van der Waals surface area contributed by atoms with Crippen LogP contribution in [0.25, 0.3) is 0 Å². The molecule has 2 aliphatic rings. The van der Waals surface area contributed by atoms with Gasteiger partial charge in [0.15, 0.2) is 0 Å². The Morgan fingerprint density at radius 3 is 1.96 bits per heavy atom. The molecule has 9 heteroatoms. The second-order valence-electron chi connectivity index (χ2n) is 7.85. The van der Waals surface area contributed by atoms with Crippen molar-refractivity contribution in [1.82, 2.24) is 10.6 Å². The number of carbonyl (C=O) groups excluding carboxylic acids is 2. The number of rotatable bonds is 4. The number of non-ortho nitro benzene ring substituents is 1. The van der Waals surface area contributed by atoms with E-state index in [0.717, 1.165) is 0 Å². The van der Waals surface area contributed by atoms with E-state index in [2.05, 4.69) is 10.6 Å². The molecule has 2 fully saturated rings. The van der Waals surface area contributed by atoms with Crippen LogP contribution in [-0.2, 0) is 9.59 Å². The molecule has 6 atom stereocenters. The molecule has 28 heavy (non-hydrogen) atoms. The van der Waals surface area contributed by atoms with E-state index in [9.17, 15) is 29.9 Å². The highest BCUT2D eigenvalue weighted by molar-refractivity contribution is 5.86. The van der Waals surface area contributed by atoms with Crippen molar-refractivity contribution in [3.05, 3.63) is 39.9 Å². The van der Waals surface area contributed by atoms with Crippen molar-refractivity contribution >= 4 is 17.5 Å². The minimum Gasteiger partial charge on any atom is -0.392 e. The van der Waals surface area contributed by atoms with Crippen LogP contribution in [0, 0.1) is 22.0 Å². The van der Waals surface area contributed by atoms with Gasteiger partial charge in [0, 0.05) is 30.1 Å². The number of aliphatic hydroxyl groups is 2. The van der Waals surface area contributed by atoms with Gasteiger partial charge in [-0.3, -0.25) is 19.7 Å². The topological polar surface area (TPSA) is 142 Å². The quantitative estimate of drug-likeness (QED) is 0.434. The molecule has 0 bridgehead atoms. The molecule has 0 radical (unpaired) electrons. The number of hydrogen-bond donors (Lipinski definition) is 4. The zero-order valence-corrected chi connectivity index (χ0v) is 15.7. The Labute approximate surface area is 162 Å². The molecule has 2 heterocycles. The van der Waals surface area contributed by atoms with Gasteiger partial charge in [0.1, 0.15) is 0 Å². The SMILES string of the molecule is CC1CC(O)C(C(c2cccc([N+](=O)[O-])c2)C2C(=O)NC(C)CC2O)C(=O)N1. The summed E-state index contributed by atoms with van der Waals surface area (Å²) in [5.74, 6) is -3.76. The molecule has 2 saturated heterocycles. The van der Waals surface area contributed by atoms with Crippen molar-refractivity contribution in [2.75, 3.05) is 0 Å². The standard InChI is InChI=1S/C19H25N3O6/c1-9-6-13(23)16(18(25)20-9)15(11-4-3-5-12(8-11)22(27)28)17-14(24)7-10(2)21-19(17)26/h3-5,8-10,13-17,23-24H,6-7H2,1-2H3,(H,20,25)(H,21,26). The van der Waals surface area contributed by atoms with Crippen LogP contribution in [0.2, 0.25) is 0 Å². The van der Waals surface area contributed by atoms with E-state index in [1.54, 1.807) is 19.9 Å². The van der Waals surface area contributed by atoms with Gasteiger partial charge in [0.2, 0.25) is 11.8 Å². The lowest BCUT2D eigenvalue weighted by atomic mass is 9.68. The van der Waals surface area contributed by atoms with Crippen LogP contribution in [0.15, 0.2) is 24.3 Å². The molecule has 0 spiro atoms. The molecular formula is C19H25N3O6. The van der Waals surface area contributed by atoms with Gasteiger partial charge in [0.25, 0.3) is 5.69 Å². The molecule has 3 rings (SSSR count). The van der Waals surface area contributed by atoms with Crippen molar-refractivity contribution < 1.29 is 24.7 Å². The molecule has 1 aromatic rings. The highest BCUT2D eigenvalue weighted by Gasteiger charge is 2.49. The van der Waals surface area contributed by atoms with Crippen LogP contribution < -0.4 is 10.6 Å². The van der Waals surface area contributed by atoms with Gasteiger partial charge >= 0.3 is 0 Å². The van der Waals surface area contributed by atoms with Crippen LogP contribution in [-0.4, -0.2) is 51.2 Å². The number of hydrogen-bond acceptors (Lipinski definition) is 6. The van der Waals surface area contributed by atoms with Crippen LogP contribution in [0.1, 0.15) is 38.2 Å². The largest absolute Gasteiger partial charge is 0.392 e. The lowest BCUT2D eigenvalue weighted by Gasteiger charge is -2.43. The van der Waals surface area contributed by atoms with Gasteiger partial charge in [-0.2, -0.15) is 0 Å². The number of nitro benzene ring substituents is 1. The third-order valence-electron chi connectivity index (χ3n) is 5.64. The summed E-state index contributed by atoms with van der Waals surface area (Å²) < 4.78 is 0. The monoisotopic (exact) mass is 391 g/mol. The fourth-order valence-corrected chi connectivity index (χ4v) is 4.45. The average Bonchev–Trinajstić information content (AvgIpc) is 2.58. The van der Waals surface area contributed by atoms with Crippen molar-refractivity contribution in [1.29, 1.82) is 0 Å². The third kappa shape index (κ3) is 3.85. The highest BCUT2D eigenvalue weighted by Crippen LogP contribution is 2.41. The first-order valence-corrected chi connectivity index (χ1v) is 9.40. The maximum absolute atomic E-state index is 12.8. The molecule has 0 saturated carbocycles. The smallest absolute Gasteiger partial charge is 0.269 e. The van der Waals surface area contributed by atoms with E-state index in [1.165, 1.54) is 18.2 Å². The molecule has 9 nitrogen and oxygen atoms in total. The second kappa shape index (κ2) is 7.84. The zero-order valence-electron chi connectivity index (χ0n) is 15.7. The Balaban J connectivity index is 2.09. The number of nitro groups is 1. The average molecular weight is 391 g/mol. The van der Waals surface area contributed by atoms with Gasteiger partial charge in [-0.15, -0.1) is 0 Å². The third-order valence-corrected chi connectivity index (χ3v) is 5.64. The minimum absolute atomic E-state index is 0.180. The summed E-state index contributed by atoms with van der Waals surface area (Å²) in [5.41, 5.74) is 0.192. The second-order valence-corrected chi connectivity index (χ2v) is 7.85. The number of nitrogens with zero attached hydrogens (tertiary/aromatic N) is 1. The molecule has 2 amide bonds. The highest BCUT2D eigenvalue weighted by atomic mass is 16.6. The number of amides is 2. The van der Waals surface area contributed by atoms with Crippen molar-refractivity contribution in [2.24, 2.45) is 11.8 Å². The molecule has 152 valence electrons. The maximum atomic E-state index is 12.8. The van der Waals surface area contributed by atoms with Crippen LogP contribution in [0.5, 0.6) is 0 Å². The van der Waals surface area contributed by atoms with Gasteiger partial charge < -0.3 is 20.8 Å². The maximum Gasteiger partial charge on any atom is 0.269 e. The van der Waals surface area contributed by atoms with Crippen LogP contribution in [0.3, 0.4) is 0 Å². The Bertz CT molecular complexity index is 749. The lowest BCUT2D eigenvalue weighted by Crippen LogP contribution is -2.58. The fraction of sp³-hybridized carbons (Fsp3) is 0.579. The van der Waals surface area contributed by atoms with E-state index in [4.69, 9.17) is 0 Å². The predicted molar refractivity (Wildman–Crippen MR) is 99.3 cm³/mol. The van der Waals surface area contributed by atoms with E-state index in [1.807, 2.05) is 0 Å². The number of carbonyl (C=O) groups is 2. The summed E-state index contributed by atoms with van der Waals surface area (Å²) in [5, 5.41) is 38.1. The molecule has 4 N–H and O–H groups in total. The van der Waals surface area contributed by atoms with E-state index < -0.39 is 46.7 Å². The molecule has 6 unspecified atom stereocenters. The van der Waals surface area contributed by atoms with Crippen molar-refractivity contribution in [3.8, 4) is 0 Å². The van der Waals surface area contributed by atoms with Gasteiger partial charge in [-0.1, -0.05) is 12.1 Å². The summed E-state index contributed by atoms with van der Waals surface area (Å²) in [6.07, 6.45) is -1.48. The molecule has 0 aliphatic carbocycles. The van der Waals surface area contributed by atoms with Crippen molar-refractivity contribution in [3.63, 3.8) is 0 Å². The first-order valence-electron chi connectivity index (χ1n) is 9.40. The Morgan fingerprint density at radius 2 is 1.54 bits per heavy atom. The lowest BCUT2D eigenvalue weighted by molar-refractivity contribution is -0.385. The van der Waals surface area contributed by atoms with Gasteiger partial charge in [0.05, 0.1) is 29.0 Å². The summed E-state index contributed by atoms with van der Waals surface area (Å²) in [6, 6.07) is 5.24. The van der Waals surface area contributed by atoms with Gasteiger partial charge in [-0.05, 0) is 32.3 Å². The van der Waals surface area contributed by atoms with E-state index in [0.29, 0.717) is 18.4 Å². The number of benzene rings is 1.